The van der Waals surface area contributed by atoms with Gasteiger partial charge in [0, 0.05) is 12.1 Å². The van der Waals surface area contributed by atoms with Crippen LogP contribution in [-0.2, 0) is 0 Å². The topological polar surface area (TPSA) is 94.3 Å². The number of carbonyl (C=O) groups excluding carboxylic acids is 1. The zero-order valence-corrected chi connectivity index (χ0v) is 15.6. The highest BCUT2D eigenvalue weighted by molar-refractivity contribution is 5.90. The summed E-state index contributed by atoms with van der Waals surface area (Å²) in [5, 5.41) is 16.3. The number of aryl methyl sites for hydroxylation is 1. The van der Waals surface area contributed by atoms with Gasteiger partial charge in [-0.15, -0.1) is 0 Å². The number of hydrogen-bond donors (Lipinski definition) is 0. The minimum atomic E-state index is -0.537. The Labute approximate surface area is 162 Å². The SMILES string of the molecule is COc1cc(C#N)ccc1Oc1cc(C)c(C)c(OC(=O)c2ccnnc2)c1. The van der Waals surface area contributed by atoms with Crippen LogP contribution in [0.15, 0.2) is 48.8 Å². The van der Waals surface area contributed by atoms with Crippen molar-refractivity contribution in [2.75, 3.05) is 7.11 Å². The van der Waals surface area contributed by atoms with Gasteiger partial charge in [0.05, 0.1) is 36.7 Å². The third-order valence-corrected chi connectivity index (χ3v) is 4.14. The van der Waals surface area contributed by atoms with Gasteiger partial charge in [-0.2, -0.15) is 15.5 Å². The van der Waals surface area contributed by atoms with Gasteiger partial charge in [-0.3, -0.25) is 0 Å². The number of benzene rings is 2. The molecule has 7 nitrogen and oxygen atoms in total. The molecule has 0 saturated carbocycles. The van der Waals surface area contributed by atoms with Crippen molar-refractivity contribution in [3.8, 4) is 29.1 Å². The van der Waals surface area contributed by atoms with Crippen LogP contribution < -0.4 is 14.2 Å². The summed E-state index contributed by atoms with van der Waals surface area (Å²) in [7, 11) is 1.50. The maximum absolute atomic E-state index is 12.3. The molecule has 28 heavy (non-hydrogen) atoms. The molecule has 0 atom stereocenters. The number of nitrogens with zero attached hydrogens (tertiary/aromatic N) is 3. The van der Waals surface area contributed by atoms with Crippen LogP contribution in [0.2, 0.25) is 0 Å². The average Bonchev–Trinajstić information content (AvgIpc) is 2.72. The van der Waals surface area contributed by atoms with Crippen molar-refractivity contribution in [1.29, 1.82) is 5.26 Å². The summed E-state index contributed by atoms with van der Waals surface area (Å²) in [4.78, 5) is 12.3. The smallest absolute Gasteiger partial charge is 0.345 e. The molecular weight excluding hydrogens is 358 g/mol. The number of aromatic nitrogens is 2. The molecule has 140 valence electrons. The molecule has 0 saturated heterocycles. The van der Waals surface area contributed by atoms with Gasteiger partial charge in [-0.25, -0.2) is 4.79 Å². The number of nitriles is 1. The van der Waals surface area contributed by atoms with Crippen LogP contribution in [0.25, 0.3) is 0 Å². The van der Waals surface area contributed by atoms with Gasteiger partial charge in [0.2, 0.25) is 0 Å². The molecule has 0 aliphatic rings. The van der Waals surface area contributed by atoms with Crippen LogP contribution >= 0.6 is 0 Å². The molecule has 2 aromatic carbocycles. The van der Waals surface area contributed by atoms with Crippen LogP contribution in [0.3, 0.4) is 0 Å². The van der Waals surface area contributed by atoms with Crippen molar-refractivity contribution in [2.24, 2.45) is 0 Å². The second-order valence-corrected chi connectivity index (χ2v) is 5.96. The highest BCUT2D eigenvalue weighted by Gasteiger charge is 2.15. The van der Waals surface area contributed by atoms with Crippen LogP contribution in [0.1, 0.15) is 27.0 Å². The summed E-state index contributed by atoms with van der Waals surface area (Å²) in [6.07, 6.45) is 2.76. The van der Waals surface area contributed by atoms with Crippen molar-refractivity contribution in [3.05, 3.63) is 71.0 Å². The van der Waals surface area contributed by atoms with Gasteiger partial charge in [0.25, 0.3) is 0 Å². The second-order valence-electron chi connectivity index (χ2n) is 5.96. The molecule has 0 unspecified atom stereocenters. The first kappa shape index (κ1) is 18.9. The van der Waals surface area contributed by atoms with E-state index in [0.29, 0.717) is 34.1 Å². The third kappa shape index (κ3) is 4.07. The Morgan fingerprint density at radius 1 is 1.04 bits per heavy atom. The van der Waals surface area contributed by atoms with E-state index in [0.717, 1.165) is 11.1 Å². The summed E-state index contributed by atoms with van der Waals surface area (Å²) in [5.74, 6) is 1.19. The van der Waals surface area contributed by atoms with Crippen molar-refractivity contribution in [3.63, 3.8) is 0 Å². The van der Waals surface area contributed by atoms with Crippen LogP contribution in [0, 0.1) is 25.2 Å². The summed E-state index contributed by atoms with van der Waals surface area (Å²) < 4.78 is 16.7. The van der Waals surface area contributed by atoms with E-state index in [1.54, 1.807) is 24.3 Å². The van der Waals surface area contributed by atoms with Crippen molar-refractivity contribution >= 4 is 5.97 Å². The molecule has 7 heteroatoms. The Kier molecular flexibility index (Phi) is 5.51. The first-order valence-electron chi connectivity index (χ1n) is 8.38. The highest BCUT2D eigenvalue weighted by atomic mass is 16.5. The van der Waals surface area contributed by atoms with Gasteiger partial charge in [0.1, 0.15) is 11.5 Å². The number of ether oxygens (including phenoxy) is 3. The van der Waals surface area contributed by atoms with E-state index < -0.39 is 5.97 Å². The van der Waals surface area contributed by atoms with E-state index in [9.17, 15) is 4.79 Å². The molecule has 0 bridgehead atoms. The van der Waals surface area contributed by atoms with E-state index in [2.05, 4.69) is 16.3 Å². The number of carbonyl (C=O) groups is 1. The lowest BCUT2D eigenvalue weighted by Gasteiger charge is -2.14. The van der Waals surface area contributed by atoms with E-state index in [1.807, 2.05) is 19.9 Å². The zero-order chi connectivity index (χ0) is 20.1. The molecule has 0 amide bonds. The summed E-state index contributed by atoms with van der Waals surface area (Å²) in [5.41, 5.74) is 2.47. The standard InChI is InChI=1S/C21H17N3O4/c1-13-8-17(27-18-5-4-15(11-22)9-20(18)26-3)10-19(14(13)2)28-21(25)16-6-7-23-24-12-16/h4-10,12H,1-3H3. The monoisotopic (exact) mass is 375 g/mol. The van der Waals surface area contributed by atoms with Crippen LogP contribution in [0.5, 0.6) is 23.0 Å². The molecule has 3 aromatic rings. The highest BCUT2D eigenvalue weighted by Crippen LogP contribution is 2.35. The van der Waals surface area contributed by atoms with E-state index in [1.165, 1.54) is 25.6 Å². The first-order chi connectivity index (χ1) is 13.5. The molecule has 1 aromatic heterocycles. The zero-order valence-electron chi connectivity index (χ0n) is 15.6. The van der Waals surface area contributed by atoms with E-state index >= 15 is 0 Å². The van der Waals surface area contributed by atoms with Crippen LogP contribution in [0.4, 0.5) is 0 Å². The van der Waals surface area contributed by atoms with Crippen molar-refractivity contribution in [1.82, 2.24) is 10.2 Å². The molecule has 0 aliphatic carbocycles. The second kappa shape index (κ2) is 8.18. The number of esters is 1. The largest absolute Gasteiger partial charge is 0.493 e. The van der Waals surface area contributed by atoms with Gasteiger partial charge in [0.15, 0.2) is 11.5 Å². The van der Waals surface area contributed by atoms with Gasteiger partial charge >= 0.3 is 5.97 Å². The maximum atomic E-state index is 12.3. The molecule has 0 aliphatic heterocycles. The molecule has 3 rings (SSSR count). The fourth-order valence-electron chi connectivity index (χ4n) is 2.48. The Morgan fingerprint density at radius 3 is 2.54 bits per heavy atom. The number of methoxy groups -OCH3 is 1. The quantitative estimate of drug-likeness (QED) is 0.491. The van der Waals surface area contributed by atoms with E-state index in [4.69, 9.17) is 19.5 Å². The summed E-state index contributed by atoms with van der Waals surface area (Å²) in [6.45, 7) is 3.75. The Morgan fingerprint density at radius 2 is 1.86 bits per heavy atom. The van der Waals surface area contributed by atoms with Crippen LogP contribution in [-0.4, -0.2) is 23.3 Å². The fourth-order valence-corrected chi connectivity index (χ4v) is 2.48. The van der Waals surface area contributed by atoms with Gasteiger partial charge < -0.3 is 14.2 Å². The maximum Gasteiger partial charge on any atom is 0.345 e. The van der Waals surface area contributed by atoms with Gasteiger partial charge in [-0.1, -0.05) is 0 Å². The minimum Gasteiger partial charge on any atom is -0.493 e. The number of hydrogen-bond acceptors (Lipinski definition) is 7. The molecule has 1 heterocycles. The molecular formula is C21H17N3O4. The normalized spacial score (nSPS) is 10.1. The summed E-state index contributed by atoms with van der Waals surface area (Å²) >= 11 is 0. The first-order valence-corrected chi connectivity index (χ1v) is 8.38. The fraction of sp³-hybridized carbons (Fsp3) is 0.143. The Bertz CT molecular complexity index is 1060. The lowest BCUT2D eigenvalue weighted by atomic mass is 10.1. The Balaban J connectivity index is 1.90. The predicted octanol–water partition coefficient (Wildman–Crippen LogP) is 3.99. The van der Waals surface area contributed by atoms with Crippen molar-refractivity contribution in [2.45, 2.75) is 13.8 Å². The molecule has 0 fully saturated rings. The van der Waals surface area contributed by atoms with Crippen molar-refractivity contribution < 1.29 is 19.0 Å². The Hall–Kier alpha value is -3.92. The minimum absolute atomic E-state index is 0.298. The summed E-state index contributed by atoms with van der Waals surface area (Å²) in [6, 6.07) is 11.9. The molecule has 0 radical (unpaired) electrons. The van der Waals surface area contributed by atoms with E-state index in [-0.39, 0.29) is 0 Å². The number of rotatable bonds is 5. The molecule has 0 N–H and O–H groups in total. The molecule has 0 spiro atoms. The third-order valence-electron chi connectivity index (χ3n) is 4.14. The average molecular weight is 375 g/mol. The van der Waals surface area contributed by atoms with Gasteiger partial charge in [-0.05, 0) is 49.2 Å². The predicted molar refractivity (Wildman–Crippen MR) is 101 cm³/mol. The lowest BCUT2D eigenvalue weighted by molar-refractivity contribution is 0.0732. The lowest BCUT2D eigenvalue weighted by Crippen LogP contribution is -2.10.